The minimum Gasteiger partial charge on any atom is -0.352 e. The Morgan fingerprint density at radius 2 is 1.67 bits per heavy atom. The summed E-state index contributed by atoms with van der Waals surface area (Å²) in [6.07, 6.45) is 2.28. The lowest BCUT2D eigenvalue weighted by Crippen LogP contribution is -2.54. The maximum atomic E-state index is 13.5. The van der Waals surface area contributed by atoms with Crippen LogP contribution in [0.2, 0.25) is 0 Å². The lowest BCUT2D eigenvalue weighted by atomic mass is 9.85. The third-order valence-electron chi connectivity index (χ3n) is 8.01. The van der Waals surface area contributed by atoms with Crippen LogP contribution in [0.5, 0.6) is 0 Å². The number of aromatic nitrogens is 2. The summed E-state index contributed by atoms with van der Waals surface area (Å²) in [7, 11) is -1.81. The SMILES string of the molecule is Cc1nn(C)c(C)c1-c1ccc(S(=O)(=O)NC2CCC(C(=O)N3CC(=O)NC[C@@H]3c3ccccc3)CC2)cc1. The smallest absolute Gasteiger partial charge is 0.240 e. The van der Waals surface area contributed by atoms with Gasteiger partial charge in [0, 0.05) is 36.8 Å². The number of amides is 2. The molecular weight excluding hydrogens is 514 g/mol. The Morgan fingerprint density at radius 3 is 2.28 bits per heavy atom. The van der Waals surface area contributed by atoms with Crippen LogP contribution in [-0.2, 0) is 26.7 Å². The Morgan fingerprint density at radius 1 is 1.00 bits per heavy atom. The Kier molecular flexibility index (Phi) is 7.59. The van der Waals surface area contributed by atoms with Crippen molar-refractivity contribution in [1.29, 1.82) is 0 Å². The molecule has 0 radical (unpaired) electrons. The van der Waals surface area contributed by atoms with E-state index < -0.39 is 10.0 Å². The van der Waals surface area contributed by atoms with Gasteiger partial charge in [-0.1, -0.05) is 42.5 Å². The number of nitrogens with one attached hydrogen (secondary N) is 2. The number of sulfonamides is 1. The zero-order chi connectivity index (χ0) is 27.7. The number of nitrogens with zero attached hydrogens (tertiary/aromatic N) is 3. The van der Waals surface area contributed by atoms with Gasteiger partial charge in [-0.05, 0) is 62.8 Å². The van der Waals surface area contributed by atoms with Crippen LogP contribution in [0.25, 0.3) is 11.1 Å². The van der Waals surface area contributed by atoms with E-state index in [2.05, 4.69) is 15.1 Å². The highest BCUT2D eigenvalue weighted by Crippen LogP contribution is 2.32. The predicted molar refractivity (Wildman–Crippen MR) is 148 cm³/mol. The third kappa shape index (κ3) is 5.62. The van der Waals surface area contributed by atoms with Crippen molar-refractivity contribution in [2.75, 3.05) is 13.1 Å². The predicted octanol–water partition coefficient (Wildman–Crippen LogP) is 3.24. The molecule has 2 aliphatic rings. The molecule has 39 heavy (non-hydrogen) atoms. The van der Waals surface area contributed by atoms with Gasteiger partial charge in [-0.2, -0.15) is 5.10 Å². The van der Waals surface area contributed by atoms with Crippen LogP contribution in [0.3, 0.4) is 0 Å². The fraction of sp³-hybridized carbons (Fsp3) is 0.414. The normalized spacial score (nSPS) is 22.0. The second-order valence-electron chi connectivity index (χ2n) is 10.6. The number of piperazine rings is 1. The molecule has 2 fully saturated rings. The monoisotopic (exact) mass is 549 g/mol. The average Bonchev–Trinajstić information content (AvgIpc) is 3.19. The van der Waals surface area contributed by atoms with Crippen LogP contribution in [0.1, 0.15) is 48.7 Å². The average molecular weight is 550 g/mol. The summed E-state index contributed by atoms with van der Waals surface area (Å²) in [6, 6.07) is 16.2. The lowest BCUT2D eigenvalue weighted by Gasteiger charge is -2.39. The van der Waals surface area contributed by atoms with Gasteiger partial charge >= 0.3 is 0 Å². The van der Waals surface area contributed by atoms with Crippen molar-refractivity contribution < 1.29 is 18.0 Å². The van der Waals surface area contributed by atoms with Gasteiger partial charge in [0.25, 0.3) is 0 Å². The topological polar surface area (TPSA) is 113 Å². The summed E-state index contributed by atoms with van der Waals surface area (Å²) < 4.78 is 30.9. The van der Waals surface area contributed by atoms with E-state index in [0.29, 0.717) is 32.2 Å². The highest BCUT2D eigenvalue weighted by molar-refractivity contribution is 7.89. The van der Waals surface area contributed by atoms with E-state index in [0.717, 1.165) is 28.1 Å². The van der Waals surface area contributed by atoms with Gasteiger partial charge in [0.2, 0.25) is 21.8 Å². The molecule has 2 amide bonds. The fourth-order valence-corrected chi connectivity index (χ4v) is 7.12. The first-order valence-corrected chi connectivity index (χ1v) is 14.9. The van der Waals surface area contributed by atoms with Crippen molar-refractivity contribution in [1.82, 2.24) is 24.7 Å². The maximum absolute atomic E-state index is 13.5. The Labute approximate surface area is 229 Å². The van der Waals surface area contributed by atoms with Gasteiger partial charge in [-0.15, -0.1) is 0 Å². The highest BCUT2D eigenvalue weighted by atomic mass is 32.2. The molecule has 1 aliphatic heterocycles. The van der Waals surface area contributed by atoms with Gasteiger partial charge < -0.3 is 10.2 Å². The third-order valence-corrected chi connectivity index (χ3v) is 9.55. The number of carbonyl (C=O) groups excluding carboxylic acids is 2. The van der Waals surface area contributed by atoms with Gasteiger partial charge in [0.15, 0.2) is 0 Å². The molecule has 9 nitrogen and oxygen atoms in total. The molecule has 0 bridgehead atoms. The molecule has 0 spiro atoms. The lowest BCUT2D eigenvalue weighted by molar-refractivity contribution is -0.145. The Hall–Kier alpha value is -3.50. The summed E-state index contributed by atoms with van der Waals surface area (Å²) in [5, 5.41) is 7.32. The second-order valence-corrected chi connectivity index (χ2v) is 12.3. The zero-order valence-corrected chi connectivity index (χ0v) is 23.4. The van der Waals surface area contributed by atoms with E-state index in [1.54, 1.807) is 17.0 Å². The first-order valence-electron chi connectivity index (χ1n) is 13.4. The maximum Gasteiger partial charge on any atom is 0.240 e. The molecule has 3 aromatic rings. The van der Waals surface area contributed by atoms with Crippen LogP contribution < -0.4 is 10.0 Å². The fourth-order valence-electron chi connectivity index (χ4n) is 5.82. The highest BCUT2D eigenvalue weighted by Gasteiger charge is 2.37. The first-order chi connectivity index (χ1) is 18.6. The zero-order valence-electron chi connectivity index (χ0n) is 22.6. The number of benzene rings is 2. The van der Waals surface area contributed by atoms with E-state index in [4.69, 9.17) is 0 Å². The minimum atomic E-state index is -3.70. The molecule has 1 saturated carbocycles. The summed E-state index contributed by atoms with van der Waals surface area (Å²) in [5.74, 6) is -0.415. The molecule has 10 heteroatoms. The number of carbonyl (C=O) groups is 2. The van der Waals surface area contributed by atoms with Crippen LogP contribution in [-0.4, -0.2) is 54.0 Å². The number of hydrogen-bond donors (Lipinski definition) is 2. The number of aryl methyl sites for hydroxylation is 2. The van der Waals surface area contributed by atoms with Crippen LogP contribution in [0.4, 0.5) is 0 Å². The molecule has 2 aromatic carbocycles. The molecule has 1 saturated heterocycles. The molecule has 0 unspecified atom stereocenters. The molecule has 2 N–H and O–H groups in total. The van der Waals surface area contributed by atoms with Crippen molar-refractivity contribution in [3.05, 3.63) is 71.5 Å². The summed E-state index contributed by atoms with van der Waals surface area (Å²) in [4.78, 5) is 27.5. The summed E-state index contributed by atoms with van der Waals surface area (Å²) in [6.45, 7) is 4.36. The van der Waals surface area contributed by atoms with Crippen molar-refractivity contribution in [3.63, 3.8) is 0 Å². The quantitative estimate of drug-likeness (QED) is 0.490. The summed E-state index contributed by atoms with van der Waals surface area (Å²) in [5.41, 5.74) is 4.85. The van der Waals surface area contributed by atoms with Crippen molar-refractivity contribution in [2.24, 2.45) is 13.0 Å². The van der Waals surface area contributed by atoms with Crippen molar-refractivity contribution >= 4 is 21.8 Å². The standard InChI is InChI=1S/C29H35N5O4S/c1-19-28(20(2)33(3)31-19)22-11-15-25(16-12-22)39(37,38)32-24-13-9-23(10-14-24)29(36)34-18-27(35)30-17-26(34)21-7-5-4-6-8-21/h4-8,11-12,15-16,23-24,26,32H,9-10,13-14,17-18H2,1-3H3,(H,30,35)/t23?,24?,26-/m1/s1. The Balaban J connectivity index is 1.21. The number of hydrogen-bond acceptors (Lipinski definition) is 5. The van der Waals surface area contributed by atoms with Crippen molar-refractivity contribution in [3.8, 4) is 11.1 Å². The largest absolute Gasteiger partial charge is 0.352 e. The molecule has 1 aliphatic carbocycles. The van der Waals surface area contributed by atoms with Gasteiger partial charge in [-0.25, -0.2) is 13.1 Å². The van der Waals surface area contributed by atoms with Gasteiger partial charge in [0.05, 0.1) is 16.6 Å². The van der Waals surface area contributed by atoms with Crippen LogP contribution in [0, 0.1) is 19.8 Å². The van der Waals surface area contributed by atoms with Crippen molar-refractivity contribution in [2.45, 2.75) is 56.5 Å². The number of rotatable bonds is 6. The van der Waals surface area contributed by atoms with E-state index in [1.165, 1.54) is 0 Å². The molecule has 5 rings (SSSR count). The van der Waals surface area contributed by atoms with Crippen LogP contribution >= 0.6 is 0 Å². The van der Waals surface area contributed by atoms with E-state index in [1.807, 2.05) is 68.0 Å². The summed E-state index contributed by atoms with van der Waals surface area (Å²) >= 11 is 0. The molecule has 2 heterocycles. The minimum absolute atomic E-state index is 0.0309. The van der Waals surface area contributed by atoms with E-state index >= 15 is 0 Å². The van der Waals surface area contributed by atoms with Gasteiger partial charge in [-0.3, -0.25) is 14.3 Å². The molecule has 1 aromatic heterocycles. The molecular formula is C29H35N5O4S. The van der Waals surface area contributed by atoms with E-state index in [-0.39, 0.29) is 41.3 Å². The Bertz CT molecular complexity index is 1460. The second kappa shape index (κ2) is 10.9. The van der Waals surface area contributed by atoms with Crippen LogP contribution in [0.15, 0.2) is 59.5 Å². The molecule has 1 atom stereocenters. The first kappa shape index (κ1) is 27.1. The van der Waals surface area contributed by atoms with Gasteiger partial charge in [0.1, 0.15) is 6.54 Å². The molecule has 206 valence electrons. The van der Waals surface area contributed by atoms with E-state index in [9.17, 15) is 18.0 Å².